The number of hydrogen-bond donors (Lipinski definition) is 1. The van der Waals surface area contributed by atoms with Crippen LogP contribution in [0.2, 0.25) is 0 Å². The molecule has 0 saturated heterocycles. The molecule has 3 heteroatoms. The van der Waals surface area contributed by atoms with Crippen molar-refractivity contribution in [1.82, 2.24) is 5.32 Å². The minimum absolute atomic E-state index is 0.0363. The molecule has 1 aliphatic carbocycles. The smallest absolute Gasteiger partial charge is 0.251 e. The van der Waals surface area contributed by atoms with Crippen LogP contribution in [0.25, 0.3) is 0 Å². The molecule has 1 heterocycles. The number of carbonyl (C=O) groups is 2. The molecule has 0 aromatic heterocycles. The first-order chi connectivity index (χ1) is 8.75. The Morgan fingerprint density at radius 3 is 2.78 bits per heavy atom. The van der Waals surface area contributed by atoms with Crippen molar-refractivity contribution in [2.75, 3.05) is 6.54 Å². The number of aryl methyl sites for hydroxylation is 1. The molecule has 1 saturated carbocycles. The van der Waals surface area contributed by atoms with Crippen LogP contribution in [-0.2, 0) is 6.42 Å². The Labute approximate surface area is 107 Å². The Morgan fingerprint density at radius 2 is 2.06 bits per heavy atom. The lowest BCUT2D eigenvalue weighted by molar-refractivity contribution is 0.0855. The third-order valence-electron chi connectivity index (χ3n) is 4.02. The number of ketones is 1. The van der Waals surface area contributed by atoms with Crippen molar-refractivity contribution in [3.8, 4) is 0 Å². The largest absolute Gasteiger partial charge is 0.352 e. The van der Waals surface area contributed by atoms with Crippen molar-refractivity contribution in [2.45, 2.75) is 32.1 Å². The third-order valence-corrected chi connectivity index (χ3v) is 4.02. The summed E-state index contributed by atoms with van der Waals surface area (Å²) < 4.78 is 0. The molecular formula is C15H17NO2. The second kappa shape index (κ2) is 4.56. The fourth-order valence-electron chi connectivity index (χ4n) is 2.64. The monoisotopic (exact) mass is 243 g/mol. The zero-order valence-electron chi connectivity index (χ0n) is 10.4. The van der Waals surface area contributed by atoms with E-state index < -0.39 is 0 Å². The van der Waals surface area contributed by atoms with Gasteiger partial charge in [0, 0.05) is 23.6 Å². The van der Waals surface area contributed by atoms with Crippen molar-refractivity contribution < 1.29 is 9.59 Å². The third kappa shape index (κ3) is 1.94. The molecule has 3 rings (SSSR count). The average molecular weight is 243 g/mol. The lowest BCUT2D eigenvalue weighted by Gasteiger charge is -2.24. The summed E-state index contributed by atoms with van der Waals surface area (Å²) in [4.78, 5) is 24.1. The van der Waals surface area contributed by atoms with Gasteiger partial charge in [0.05, 0.1) is 0 Å². The van der Waals surface area contributed by atoms with Crippen LogP contribution in [0.1, 0.15) is 52.0 Å². The van der Waals surface area contributed by atoms with Crippen LogP contribution >= 0.6 is 0 Å². The van der Waals surface area contributed by atoms with Gasteiger partial charge in [0.15, 0.2) is 5.78 Å². The van der Waals surface area contributed by atoms with E-state index >= 15 is 0 Å². The minimum atomic E-state index is -0.0363. The van der Waals surface area contributed by atoms with Crippen molar-refractivity contribution in [3.05, 3.63) is 34.9 Å². The Hall–Kier alpha value is -1.64. The standard InChI is InChI=1S/C15H17NO2/c17-14(11-3-1-4-11)12-7-6-10-5-2-8-16-15(18)13(10)9-12/h6-7,9,11H,1-5,8H2,(H,16,18). The summed E-state index contributed by atoms with van der Waals surface area (Å²) in [6.45, 7) is 0.722. The SMILES string of the molecule is O=C1NCCCc2ccc(C(=O)C3CCC3)cc21. The summed E-state index contributed by atoms with van der Waals surface area (Å²) in [7, 11) is 0. The van der Waals surface area contributed by atoms with Gasteiger partial charge in [0.1, 0.15) is 0 Å². The normalized spacial score (nSPS) is 19.4. The molecule has 94 valence electrons. The van der Waals surface area contributed by atoms with Crippen LogP contribution in [0.15, 0.2) is 18.2 Å². The molecular weight excluding hydrogens is 226 g/mol. The van der Waals surface area contributed by atoms with E-state index in [1.165, 1.54) is 0 Å². The first-order valence-corrected chi connectivity index (χ1v) is 6.71. The predicted molar refractivity (Wildman–Crippen MR) is 68.8 cm³/mol. The van der Waals surface area contributed by atoms with Crippen LogP contribution in [-0.4, -0.2) is 18.2 Å². The van der Waals surface area contributed by atoms with Gasteiger partial charge in [-0.25, -0.2) is 0 Å². The molecule has 18 heavy (non-hydrogen) atoms. The molecule has 1 aliphatic heterocycles. The van der Waals surface area contributed by atoms with Gasteiger partial charge in [0.2, 0.25) is 0 Å². The lowest BCUT2D eigenvalue weighted by atomic mass is 9.79. The number of Topliss-reactive ketones (excluding diaryl/α,β-unsaturated/α-hetero) is 1. The molecule has 0 atom stereocenters. The van der Waals surface area contributed by atoms with Gasteiger partial charge in [-0.2, -0.15) is 0 Å². The Kier molecular flexibility index (Phi) is 2.90. The average Bonchev–Trinajstić information content (AvgIpc) is 2.49. The van der Waals surface area contributed by atoms with E-state index in [2.05, 4.69) is 5.32 Å². The van der Waals surface area contributed by atoms with E-state index in [0.29, 0.717) is 11.1 Å². The highest BCUT2D eigenvalue weighted by Crippen LogP contribution is 2.30. The van der Waals surface area contributed by atoms with Crippen LogP contribution < -0.4 is 5.32 Å². The molecule has 3 nitrogen and oxygen atoms in total. The van der Waals surface area contributed by atoms with Gasteiger partial charge in [0.25, 0.3) is 5.91 Å². The highest BCUT2D eigenvalue weighted by Gasteiger charge is 2.27. The highest BCUT2D eigenvalue weighted by molar-refractivity contribution is 6.02. The molecule has 1 aromatic rings. The van der Waals surface area contributed by atoms with Crippen molar-refractivity contribution >= 4 is 11.7 Å². The van der Waals surface area contributed by atoms with Gasteiger partial charge >= 0.3 is 0 Å². The van der Waals surface area contributed by atoms with Gasteiger partial charge in [-0.1, -0.05) is 18.6 Å². The topological polar surface area (TPSA) is 46.2 Å². The lowest BCUT2D eigenvalue weighted by Crippen LogP contribution is -2.24. The molecule has 0 unspecified atom stereocenters. The summed E-state index contributed by atoms with van der Waals surface area (Å²) in [6, 6.07) is 5.63. The van der Waals surface area contributed by atoms with E-state index in [4.69, 9.17) is 0 Å². The zero-order chi connectivity index (χ0) is 12.5. The first kappa shape index (κ1) is 11.5. The predicted octanol–water partition coefficient (Wildman–Crippen LogP) is 2.35. The van der Waals surface area contributed by atoms with Gasteiger partial charge in [-0.15, -0.1) is 0 Å². The number of hydrogen-bond acceptors (Lipinski definition) is 2. The zero-order valence-corrected chi connectivity index (χ0v) is 10.4. The number of benzene rings is 1. The molecule has 1 aromatic carbocycles. The molecule has 0 bridgehead atoms. The Bertz CT molecular complexity index is 503. The van der Waals surface area contributed by atoms with Crippen LogP contribution in [0.5, 0.6) is 0 Å². The molecule has 1 amide bonds. The minimum Gasteiger partial charge on any atom is -0.352 e. The van der Waals surface area contributed by atoms with E-state index in [1.807, 2.05) is 12.1 Å². The van der Waals surface area contributed by atoms with Gasteiger partial charge < -0.3 is 5.32 Å². The second-order valence-corrected chi connectivity index (χ2v) is 5.22. The summed E-state index contributed by atoms with van der Waals surface area (Å²) in [5.74, 6) is 0.365. The molecule has 1 fully saturated rings. The molecule has 0 radical (unpaired) electrons. The summed E-state index contributed by atoms with van der Waals surface area (Å²) in [5, 5.41) is 2.87. The van der Waals surface area contributed by atoms with Crippen molar-refractivity contribution in [1.29, 1.82) is 0 Å². The Balaban J connectivity index is 1.93. The number of nitrogens with one attached hydrogen (secondary N) is 1. The second-order valence-electron chi connectivity index (χ2n) is 5.22. The number of fused-ring (bicyclic) bond motifs is 1. The van der Waals surface area contributed by atoms with Gasteiger partial charge in [-0.3, -0.25) is 9.59 Å². The highest BCUT2D eigenvalue weighted by atomic mass is 16.1. The summed E-state index contributed by atoms with van der Waals surface area (Å²) in [5.41, 5.74) is 2.46. The molecule has 0 spiro atoms. The van der Waals surface area contributed by atoms with E-state index in [1.54, 1.807) is 6.07 Å². The van der Waals surface area contributed by atoms with E-state index in [-0.39, 0.29) is 17.6 Å². The fraction of sp³-hybridized carbons (Fsp3) is 0.467. The maximum Gasteiger partial charge on any atom is 0.251 e. The maximum absolute atomic E-state index is 12.2. The number of rotatable bonds is 2. The van der Waals surface area contributed by atoms with Gasteiger partial charge in [-0.05, 0) is 37.3 Å². The van der Waals surface area contributed by atoms with E-state index in [0.717, 1.165) is 44.2 Å². The maximum atomic E-state index is 12.2. The first-order valence-electron chi connectivity index (χ1n) is 6.71. The molecule has 2 aliphatic rings. The summed E-state index contributed by atoms with van der Waals surface area (Å²) in [6.07, 6.45) is 5.03. The number of carbonyl (C=O) groups excluding carboxylic acids is 2. The van der Waals surface area contributed by atoms with Crippen LogP contribution in [0.3, 0.4) is 0 Å². The summed E-state index contributed by atoms with van der Waals surface area (Å²) >= 11 is 0. The van der Waals surface area contributed by atoms with Crippen molar-refractivity contribution in [3.63, 3.8) is 0 Å². The van der Waals surface area contributed by atoms with E-state index in [9.17, 15) is 9.59 Å². The quantitative estimate of drug-likeness (QED) is 0.810. The number of amides is 1. The van der Waals surface area contributed by atoms with Crippen LogP contribution in [0, 0.1) is 5.92 Å². The van der Waals surface area contributed by atoms with Crippen LogP contribution in [0.4, 0.5) is 0 Å². The van der Waals surface area contributed by atoms with Crippen molar-refractivity contribution in [2.24, 2.45) is 5.92 Å². The fourth-order valence-corrected chi connectivity index (χ4v) is 2.64. The Morgan fingerprint density at radius 1 is 1.22 bits per heavy atom. The molecule has 1 N–H and O–H groups in total.